The molecule has 2 atom stereocenters. The molecule has 0 spiro atoms. The number of hydrogen-bond acceptors (Lipinski definition) is 3. The van der Waals surface area contributed by atoms with Gasteiger partial charge in [0.2, 0.25) is 0 Å². The fourth-order valence-corrected chi connectivity index (χ4v) is 4.18. The Morgan fingerprint density at radius 3 is 2.78 bits per heavy atom. The summed E-state index contributed by atoms with van der Waals surface area (Å²) in [6.45, 7) is 2.19. The highest BCUT2D eigenvalue weighted by Crippen LogP contribution is 2.50. The average molecular weight is 271 g/mol. The van der Waals surface area contributed by atoms with Gasteiger partial charge in [0.25, 0.3) is 0 Å². The molecule has 0 aromatic carbocycles. The van der Waals surface area contributed by atoms with Crippen LogP contribution in [0.4, 0.5) is 0 Å². The molecule has 0 radical (unpaired) electrons. The quantitative estimate of drug-likeness (QED) is 0.540. The van der Waals surface area contributed by atoms with Crippen LogP contribution >= 0.6 is 46.1 Å². The van der Waals surface area contributed by atoms with Crippen LogP contribution in [0.5, 0.6) is 0 Å². The zero-order chi connectivity index (χ0) is 6.43. The van der Waals surface area contributed by atoms with Crippen molar-refractivity contribution < 1.29 is 0 Å². The first-order chi connectivity index (χ1) is 4.27. The smallest absolute Gasteiger partial charge is 0.0847 e. The Bertz CT molecular complexity index is 162. The van der Waals surface area contributed by atoms with Gasteiger partial charge in [-0.3, -0.25) is 5.32 Å². The van der Waals surface area contributed by atoms with Crippen molar-refractivity contribution in [2.75, 3.05) is 0 Å². The Labute approximate surface area is 76.6 Å². The van der Waals surface area contributed by atoms with Gasteiger partial charge in [-0.1, -0.05) is 11.8 Å². The van der Waals surface area contributed by atoms with Crippen molar-refractivity contribution in [1.82, 2.24) is 5.32 Å². The standard InChI is InChI=1S/C5H6INS2/c1-2-3(6)9-5-4(7-5)8-2/h4-5,7H,1H3. The van der Waals surface area contributed by atoms with Crippen molar-refractivity contribution in [1.29, 1.82) is 0 Å². The molecule has 2 rings (SSSR count). The van der Waals surface area contributed by atoms with Crippen LogP contribution in [0.2, 0.25) is 0 Å². The molecule has 1 fully saturated rings. The van der Waals surface area contributed by atoms with E-state index in [-0.39, 0.29) is 0 Å². The second-order valence-corrected chi connectivity index (χ2v) is 6.39. The van der Waals surface area contributed by atoms with Gasteiger partial charge in [-0.15, -0.1) is 11.8 Å². The lowest BCUT2D eigenvalue weighted by Gasteiger charge is -2.07. The highest BCUT2D eigenvalue weighted by Gasteiger charge is 2.41. The topological polar surface area (TPSA) is 21.9 Å². The first kappa shape index (κ1) is 6.82. The third-order valence-electron chi connectivity index (χ3n) is 1.31. The molecule has 2 aliphatic heterocycles. The number of halogens is 1. The van der Waals surface area contributed by atoms with Crippen molar-refractivity contribution in [2.24, 2.45) is 0 Å². The molecule has 0 aromatic rings. The number of fused-ring (bicyclic) bond motifs is 1. The van der Waals surface area contributed by atoms with Crippen molar-refractivity contribution in [2.45, 2.75) is 17.7 Å². The summed E-state index contributed by atoms with van der Waals surface area (Å²) in [5, 5.41) is 4.83. The first-order valence-corrected chi connectivity index (χ1v) is 5.57. The molecule has 4 heteroatoms. The summed E-state index contributed by atoms with van der Waals surface area (Å²) in [5.74, 6) is 0. The highest BCUT2D eigenvalue weighted by atomic mass is 127. The van der Waals surface area contributed by atoms with E-state index in [1.807, 2.05) is 23.5 Å². The van der Waals surface area contributed by atoms with Gasteiger partial charge < -0.3 is 0 Å². The first-order valence-electron chi connectivity index (χ1n) is 2.73. The second kappa shape index (κ2) is 2.32. The zero-order valence-corrected chi connectivity index (χ0v) is 8.64. The molecule has 50 valence electrons. The molecule has 0 amide bonds. The Hall–Kier alpha value is 1.13. The molecule has 2 aliphatic rings. The fraction of sp³-hybridized carbons (Fsp3) is 0.600. The maximum Gasteiger partial charge on any atom is 0.0847 e. The number of thioether (sulfide) groups is 2. The third-order valence-corrected chi connectivity index (χ3v) is 5.94. The van der Waals surface area contributed by atoms with Gasteiger partial charge in [-0.25, -0.2) is 0 Å². The number of hydrogen-bond donors (Lipinski definition) is 1. The van der Waals surface area contributed by atoms with Gasteiger partial charge in [0, 0.05) is 4.91 Å². The van der Waals surface area contributed by atoms with Crippen LogP contribution in [0, 0.1) is 0 Å². The highest BCUT2D eigenvalue weighted by molar-refractivity contribution is 14.1. The van der Waals surface area contributed by atoms with Crippen LogP contribution in [0.15, 0.2) is 7.82 Å². The maximum absolute atomic E-state index is 3.37. The van der Waals surface area contributed by atoms with Crippen molar-refractivity contribution in [3.05, 3.63) is 7.82 Å². The third kappa shape index (κ3) is 1.27. The normalized spacial score (nSPS) is 40.7. The predicted octanol–water partition coefficient (Wildman–Crippen LogP) is 2.35. The van der Waals surface area contributed by atoms with E-state index in [2.05, 4.69) is 34.8 Å². The number of nitrogens with one attached hydrogen (secondary N) is 1. The van der Waals surface area contributed by atoms with Crippen LogP contribution < -0.4 is 5.32 Å². The summed E-state index contributed by atoms with van der Waals surface area (Å²) in [4.78, 5) is 1.48. The average Bonchev–Trinajstić information content (AvgIpc) is 2.46. The summed E-state index contributed by atoms with van der Waals surface area (Å²) in [6.07, 6.45) is 0. The maximum atomic E-state index is 3.37. The lowest BCUT2D eigenvalue weighted by Crippen LogP contribution is -1.89. The molecule has 0 saturated carbocycles. The lowest BCUT2D eigenvalue weighted by molar-refractivity contribution is 1.29. The molecule has 1 nitrogen and oxygen atoms in total. The van der Waals surface area contributed by atoms with E-state index < -0.39 is 0 Å². The number of rotatable bonds is 0. The van der Waals surface area contributed by atoms with E-state index in [9.17, 15) is 0 Å². The van der Waals surface area contributed by atoms with E-state index in [0.29, 0.717) is 0 Å². The van der Waals surface area contributed by atoms with Gasteiger partial charge in [-0.05, 0) is 29.5 Å². The molecule has 0 aromatic heterocycles. The van der Waals surface area contributed by atoms with Crippen molar-refractivity contribution >= 4 is 46.1 Å². The van der Waals surface area contributed by atoms with E-state index in [0.717, 1.165) is 10.7 Å². The van der Waals surface area contributed by atoms with Crippen molar-refractivity contribution in [3.8, 4) is 0 Å². The Kier molecular flexibility index (Phi) is 1.76. The minimum Gasteiger partial charge on any atom is -0.289 e. The Morgan fingerprint density at radius 2 is 2.11 bits per heavy atom. The molecule has 1 saturated heterocycles. The molecule has 0 bridgehead atoms. The molecular formula is C5H6INS2. The minimum absolute atomic E-state index is 0.727. The van der Waals surface area contributed by atoms with E-state index in [1.54, 1.807) is 0 Å². The largest absolute Gasteiger partial charge is 0.289 e. The van der Waals surface area contributed by atoms with Gasteiger partial charge in [0.05, 0.1) is 13.7 Å². The predicted molar refractivity (Wildman–Crippen MR) is 52.6 cm³/mol. The van der Waals surface area contributed by atoms with Gasteiger partial charge >= 0.3 is 0 Å². The Morgan fingerprint density at radius 1 is 1.44 bits per heavy atom. The van der Waals surface area contributed by atoms with Crippen LogP contribution in [0.25, 0.3) is 0 Å². The summed E-state index contributed by atoms with van der Waals surface area (Å²) in [6, 6.07) is 0. The molecule has 0 aliphatic carbocycles. The van der Waals surface area contributed by atoms with E-state index >= 15 is 0 Å². The van der Waals surface area contributed by atoms with E-state index in [4.69, 9.17) is 0 Å². The van der Waals surface area contributed by atoms with Crippen LogP contribution in [-0.2, 0) is 0 Å². The molecule has 1 N–H and O–H groups in total. The van der Waals surface area contributed by atoms with Crippen LogP contribution in [0.3, 0.4) is 0 Å². The zero-order valence-electron chi connectivity index (χ0n) is 4.85. The van der Waals surface area contributed by atoms with Crippen LogP contribution in [-0.4, -0.2) is 10.7 Å². The molecule has 9 heavy (non-hydrogen) atoms. The monoisotopic (exact) mass is 271 g/mol. The molecule has 2 heterocycles. The Balaban J connectivity index is 2.17. The van der Waals surface area contributed by atoms with E-state index in [1.165, 1.54) is 7.82 Å². The summed E-state index contributed by atoms with van der Waals surface area (Å²) >= 11 is 6.33. The van der Waals surface area contributed by atoms with Gasteiger partial charge in [0.15, 0.2) is 0 Å². The number of allylic oxidation sites excluding steroid dienone is 1. The van der Waals surface area contributed by atoms with Crippen LogP contribution in [0.1, 0.15) is 6.92 Å². The SMILES string of the molecule is CC1=C(I)SC2NC2S1. The summed E-state index contributed by atoms with van der Waals surface area (Å²) < 4.78 is 1.46. The second-order valence-electron chi connectivity index (χ2n) is 2.07. The molecular weight excluding hydrogens is 265 g/mol. The summed E-state index contributed by atoms with van der Waals surface area (Å²) in [7, 11) is 0. The lowest BCUT2D eigenvalue weighted by atomic mass is 10.7. The van der Waals surface area contributed by atoms with Crippen molar-refractivity contribution in [3.63, 3.8) is 0 Å². The van der Waals surface area contributed by atoms with Gasteiger partial charge in [-0.2, -0.15) is 0 Å². The molecule has 2 unspecified atom stereocenters. The van der Waals surface area contributed by atoms with Gasteiger partial charge in [0.1, 0.15) is 0 Å². The minimum atomic E-state index is 0.727. The summed E-state index contributed by atoms with van der Waals surface area (Å²) in [5.41, 5.74) is 0. The fourth-order valence-electron chi connectivity index (χ4n) is 0.729.